The first-order chi connectivity index (χ1) is 11.7. The molecular weight excluding hydrogens is 302 g/mol. The Balaban J connectivity index is 2.00. The van der Waals surface area contributed by atoms with E-state index in [1.54, 1.807) is 0 Å². The zero-order valence-corrected chi connectivity index (χ0v) is 12.7. The number of carboxylic acids is 1. The predicted octanol–water partition coefficient (Wildman–Crippen LogP) is 3.92. The van der Waals surface area contributed by atoms with Crippen LogP contribution >= 0.6 is 0 Å². The fraction of sp³-hybridized carbons (Fsp3) is 0.100. The van der Waals surface area contributed by atoms with Crippen LogP contribution in [0.5, 0.6) is 0 Å². The number of hydrogen-bond donors (Lipinski definition) is 1. The molecule has 0 aliphatic rings. The maximum atomic E-state index is 11.3. The molecule has 0 saturated heterocycles. The van der Waals surface area contributed by atoms with Crippen LogP contribution in [0.25, 0.3) is 32.3 Å². The standard InChI is InChI=1S/C20H13NO3/c22-11-21-17(20(23)24)10-15-7-6-14-5-4-12-2-1-3-13-8-9-16(15)19(14)18(12)13/h1-9,17H,10H2,(H,23,24). The average molecular weight is 315 g/mol. The van der Waals surface area contributed by atoms with Gasteiger partial charge in [-0.1, -0.05) is 54.6 Å². The third-order valence-electron chi connectivity index (χ3n) is 4.53. The van der Waals surface area contributed by atoms with Crippen molar-refractivity contribution in [1.82, 2.24) is 0 Å². The molecule has 1 unspecified atom stereocenters. The number of aliphatic imine (C=N–C) groups is 1. The molecule has 1 atom stereocenters. The van der Waals surface area contributed by atoms with Crippen LogP contribution in [-0.2, 0) is 16.0 Å². The Morgan fingerprint density at radius 2 is 1.58 bits per heavy atom. The van der Waals surface area contributed by atoms with Crippen molar-refractivity contribution in [2.24, 2.45) is 4.99 Å². The average Bonchev–Trinajstić information content (AvgIpc) is 2.60. The highest BCUT2D eigenvalue weighted by Crippen LogP contribution is 2.36. The fourth-order valence-electron chi connectivity index (χ4n) is 3.43. The largest absolute Gasteiger partial charge is 0.480 e. The van der Waals surface area contributed by atoms with Gasteiger partial charge in [0.05, 0.1) is 0 Å². The predicted molar refractivity (Wildman–Crippen MR) is 93.4 cm³/mol. The molecule has 0 amide bonds. The molecule has 0 spiro atoms. The van der Waals surface area contributed by atoms with E-state index in [9.17, 15) is 14.7 Å². The number of carboxylic acid groups (broad SMARTS) is 1. The van der Waals surface area contributed by atoms with Crippen molar-refractivity contribution >= 4 is 44.4 Å². The minimum Gasteiger partial charge on any atom is -0.480 e. The van der Waals surface area contributed by atoms with Crippen molar-refractivity contribution in [3.05, 3.63) is 60.2 Å². The van der Waals surface area contributed by atoms with Crippen LogP contribution < -0.4 is 0 Å². The van der Waals surface area contributed by atoms with Gasteiger partial charge in [0.2, 0.25) is 6.08 Å². The van der Waals surface area contributed by atoms with Crippen LogP contribution in [0.2, 0.25) is 0 Å². The number of rotatable bonds is 4. The van der Waals surface area contributed by atoms with E-state index in [0.29, 0.717) is 0 Å². The molecule has 4 aromatic carbocycles. The van der Waals surface area contributed by atoms with Crippen molar-refractivity contribution in [3.63, 3.8) is 0 Å². The van der Waals surface area contributed by atoms with Crippen LogP contribution in [0.4, 0.5) is 0 Å². The lowest BCUT2D eigenvalue weighted by Gasteiger charge is -2.14. The highest BCUT2D eigenvalue weighted by Gasteiger charge is 2.19. The summed E-state index contributed by atoms with van der Waals surface area (Å²) in [6.07, 6.45) is 1.53. The van der Waals surface area contributed by atoms with Crippen LogP contribution in [0.3, 0.4) is 0 Å². The van der Waals surface area contributed by atoms with Gasteiger partial charge in [0.25, 0.3) is 0 Å². The molecule has 116 valence electrons. The number of carbonyl (C=O) groups is 1. The molecule has 0 bridgehead atoms. The van der Waals surface area contributed by atoms with E-state index in [2.05, 4.69) is 29.3 Å². The Morgan fingerprint density at radius 1 is 0.958 bits per heavy atom. The second-order valence-corrected chi connectivity index (χ2v) is 5.86. The summed E-state index contributed by atoms with van der Waals surface area (Å²) in [7, 11) is 0. The van der Waals surface area contributed by atoms with Gasteiger partial charge in [-0.05, 0) is 37.9 Å². The molecule has 0 fully saturated rings. The zero-order valence-electron chi connectivity index (χ0n) is 12.7. The zero-order chi connectivity index (χ0) is 16.7. The van der Waals surface area contributed by atoms with E-state index in [1.807, 2.05) is 30.3 Å². The summed E-state index contributed by atoms with van der Waals surface area (Å²) in [5.74, 6) is -1.12. The monoisotopic (exact) mass is 315 g/mol. The van der Waals surface area contributed by atoms with Gasteiger partial charge in [-0.3, -0.25) is 0 Å². The highest BCUT2D eigenvalue weighted by atomic mass is 16.4. The molecular formula is C20H13NO3. The van der Waals surface area contributed by atoms with Crippen molar-refractivity contribution < 1.29 is 14.7 Å². The number of hydrogen-bond acceptors (Lipinski definition) is 3. The molecule has 0 aromatic heterocycles. The van der Waals surface area contributed by atoms with E-state index < -0.39 is 12.0 Å². The Labute approximate surface area is 137 Å². The van der Waals surface area contributed by atoms with Crippen molar-refractivity contribution in [2.75, 3.05) is 0 Å². The van der Waals surface area contributed by atoms with E-state index in [-0.39, 0.29) is 6.42 Å². The molecule has 4 rings (SSSR count). The summed E-state index contributed by atoms with van der Waals surface area (Å²) in [5, 5.41) is 16.0. The Kier molecular flexibility index (Phi) is 3.26. The SMILES string of the molecule is O=C=NC(Cc1ccc2ccc3cccc4ccc1c2c34)C(=O)O. The third kappa shape index (κ3) is 2.13. The maximum Gasteiger partial charge on any atom is 0.329 e. The second-order valence-electron chi connectivity index (χ2n) is 5.86. The number of isocyanates is 1. The number of carbonyl (C=O) groups excluding carboxylic acids is 1. The first-order valence-corrected chi connectivity index (χ1v) is 7.64. The second kappa shape index (κ2) is 5.44. The number of nitrogens with zero attached hydrogens (tertiary/aromatic N) is 1. The molecule has 0 heterocycles. The lowest BCUT2D eigenvalue weighted by atomic mass is 9.90. The summed E-state index contributed by atoms with van der Waals surface area (Å²) in [4.78, 5) is 25.2. The lowest BCUT2D eigenvalue weighted by molar-refractivity contribution is -0.138. The van der Waals surface area contributed by atoms with E-state index in [4.69, 9.17) is 0 Å². The van der Waals surface area contributed by atoms with Crippen molar-refractivity contribution in [2.45, 2.75) is 12.5 Å². The molecule has 4 aromatic rings. The summed E-state index contributed by atoms with van der Waals surface area (Å²) < 4.78 is 0. The normalized spacial score (nSPS) is 12.5. The van der Waals surface area contributed by atoms with Crippen LogP contribution in [-0.4, -0.2) is 23.2 Å². The van der Waals surface area contributed by atoms with Gasteiger partial charge in [0.1, 0.15) is 0 Å². The topological polar surface area (TPSA) is 66.7 Å². The molecule has 24 heavy (non-hydrogen) atoms. The minimum atomic E-state index is -1.12. The van der Waals surface area contributed by atoms with Gasteiger partial charge in [-0.2, -0.15) is 4.99 Å². The smallest absolute Gasteiger partial charge is 0.329 e. The van der Waals surface area contributed by atoms with Crippen LogP contribution in [0.15, 0.2) is 59.6 Å². The Morgan fingerprint density at radius 3 is 2.25 bits per heavy atom. The molecule has 0 aliphatic heterocycles. The molecule has 4 nitrogen and oxygen atoms in total. The molecule has 0 saturated carbocycles. The van der Waals surface area contributed by atoms with Gasteiger partial charge < -0.3 is 5.11 Å². The first-order valence-electron chi connectivity index (χ1n) is 7.64. The summed E-state index contributed by atoms with van der Waals surface area (Å²) >= 11 is 0. The number of benzene rings is 4. The van der Waals surface area contributed by atoms with Gasteiger partial charge >= 0.3 is 5.97 Å². The fourth-order valence-corrected chi connectivity index (χ4v) is 3.43. The van der Waals surface area contributed by atoms with E-state index >= 15 is 0 Å². The third-order valence-corrected chi connectivity index (χ3v) is 4.53. The van der Waals surface area contributed by atoms with Crippen molar-refractivity contribution in [3.8, 4) is 0 Å². The highest BCUT2D eigenvalue weighted by molar-refractivity contribution is 6.23. The first kappa shape index (κ1) is 14.4. The molecule has 0 aliphatic carbocycles. The summed E-state index contributed by atoms with van der Waals surface area (Å²) in [6.45, 7) is 0. The lowest BCUT2D eigenvalue weighted by Crippen LogP contribution is -2.20. The molecule has 1 N–H and O–H groups in total. The molecule has 4 heteroatoms. The Hall–Kier alpha value is -3.23. The van der Waals surface area contributed by atoms with Gasteiger partial charge in [-0.25, -0.2) is 9.59 Å². The van der Waals surface area contributed by atoms with E-state index in [1.165, 1.54) is 11.5 Å². The minimum absolute atomic E-state index is 0.165. The quantitative estimate of drug-likeness (QED) is 0.353. The van der Waals surface area contributed by atoms with Gasteiger partial charge in [0, 0.05) is 6.42 Å². The van der Waals surface area contributed by atoms with E-state index in [0.717, 1.165) is 32.5 Å². The number of aliphatic carboxylic acids is 1. The van der Waals surface area contributed by atoms with Gasteiger partial charge in [0.15, 0.2) is 6.04 Å². The Bertz CT molecular complexity index is 1110. The maximum absolute atomic E-state index is 11.3. The van der Waals surface area contributed by atoms with Crippen LogP contribution in [0.1, 0.15) is 5.56 Å². The summed E-state index contributed by atoms with van der Waals surface area (Å²) in [6, 6.07) is 17.2. The summed E-state index contributed by atoms with van der Waals surface area (Å²) in [5.41, 5.74) is 0.868. The van der Waals surface area contributed by atoms with Crippen molar-refractivity contribution in [1.29, 1.82) is 0 Å². The van der Waals surface area contributed by atoms with Gasteiger partial charge in [-0.15, -0.1) is 0 Å². The van der Waals surface area contributed by atoms with Crippen LogP contribution in [0, 0.1) is 0 Å². The molecule has 0 radical (unpaired) electrons.